The number of hydrogen-bond acceptors (Lipinski definition) is 7. The van der Waals surface area contributed by atoms with Gasteiger partial charge in [-0.1, -0.05) is 12.1 Å². The Kier molecular flexibility index (Phi) is 8.42. The molecule has 1 aliphatic carbocycles. The first kappa shape index (κ1) is 25.5. The lowest BCUT2D eigenvalue weighted by Crippen LogP contribution is -2.43. The first-order valence-electron chi connectivity index (χ1n) is 10.8. The van der Waals surface area contributed by atoms with Crippen molar-refractivity contribution in [2.75, 3.05) is 43.4 Å². The van der Waals surface area contributed by atoms with Crippen LogP contribution in [0.1, 0.15) is 39.0 Å². The van der Waals surface area contributed by atoms with Crippen LogP contribution in [0, 0.1) is 0 Å². The van der Waals surface area contributed by atoms with Crippen LogP contribution in [-0.4, -0.2) is 48.7 Å². The molecule has 5 N–H and O–H groups in total. The molecule has 1 unspecified atom stereocenters. The minimum atomic E-state index is -0.516. The van der Waals surface area contributed by atoms with E-state index in [0.29, 0.717) is 28.4 Å². The number of anilines is 2. The van der Waals surface area contributed by atoms with E-state index in [1.807, 2.05) is 6.07 Å². The van der Waals surface area contributed by atoms with Crippen LogP contribution in [0.3, 0.4) is 0 Å². The normalized spacial score (nSPS) is 17.2. The van der Waals surface area contributed by atoms with Gasteiger partial charge in [0.05, 0.1) is 17.5 Å². The fraction of sp³-hybridized carbons (Fsp3) is 0.391. The van der Waals surface area contributed by atoms with Crippen molar-refractivity contribution in [3.05, 3.63) is 52.0 Å². The van der Waals surface area contributed by atoms with Crippen molar-refractivity contribution in [3.8, 4) is 0 Å². The highest BCUT2D eigenvalue weighted by Crippen LogP contribution is 2.38. The molecule has 10 heteroatoms. The Balaban J connectivity index is 0.00000153. The Bertz CT molecular complexity index is 1120. The second kappa shape index (κ2) is 10.9. The zero-order valence-corrected chi connectivity index (χ0v) is 20.6. The highest BCUT2D eigenvalue weighted by molar-refractivity contribution is 7.21. The molecule has 0 bridgehead atoms. The summed E-state index contributed by atoms with van der Waals surface area (Å²) in [5.41, 5.74) is 11.0. The van der Waals surface area contributed by atoms with Gasteiger partial charge in [0.15, 0.2) is 0 Å². The number of aliphatic hydroxyl groups is 1. The lowest BCUT2D eigenvalue weighted by Gasteiger charge is -2.29. The van der Waals surface area contributed by atoms with Crippen LogP contribution in [-0.2, 0) is 12.8 Å². The van der Waals surface area contributed by atoms with Gasteiger partial charge in [-0.3, -0.25) is 4.79 Å². The number of nitrogens with one attached hydrogen (secondary N) is 2. The second-order valence-electron chi connectivity index (χ2n) is 8.19. The summed E-state index contributed by atoms with van der Waals surface area (Å²) >= 11 is 1.29. The third-order valence-electron chi connectivity index (χ3n) is 6.16. The molecule has 1 amide bonds. The topological polar surface area (TPSA) is 104 Å². The number of aromatic nitrogens is 1. The van der Waals surface area contributed by atoms with Crippen LogP contribution < -0.4 is 21.3 Å². The van der Waals surface area contributed by atoms with Gasteiger partial charge in [0.25, 0.3) is 5.91 Å². The molecule has 3 heterocycles. The van der Waals surface area contributed by atoms with Gasteiger partial charge in [0.2, 0.25) is 0 Å². The third kappa shape index (κ3) is 5.20. The van der Waals surface area contributed by atoms with E-state index < -0.39 is 6.10 Å². The van der Waals surface area contributed by atoms with E-state index >= 15 is 0 Å². The maximum absolute atomic E-state index is 12.7. The van der Waals surface area contributed by atoms with Crippen molar-refractivity contribution in [1.82, 2.24) is 15.6 Å². The number of aliphatic hydroxyl groups excluding tert-OH is 1. The number of piperazine rings is 1. The van der Waals surface area contributed by atoms with Gasteiger partial charge >= 0.3 is 0 Å². The Hall–Kier alpha value is -2.10. The van der Waals surface area contributed by atoms with Crippen LogP contribution in [0.25, 0.3) is 10.2 Å². The van der Waals surface area contributed by atoms with Gasteiger partial charge in [0.1, 0.15) is 9.71 Å². The second-order valence-corrected chi connectivity index (χ2v) is 9.19. The van der Waals surface area contributed by atoms with E-state index in [2.05, 4.69) is 44.8 Å². The average molecular weight is 510 g/mol. The van der Waals surface area contributed by atoms with Crippen molar-refractivity contribution < 1.29 is 9.90 Å². The molecule has 1 fully saturated rings. The van der Waals surface area contributed by atoms with Crippen molar-refractivity contribution in [2.45, 2.75) is 25.4 Å². The number of fused-ring (bicyclic) bond motifs is 2. The first-order chi connectivity index (χ1) is 15.1. The molecule has 33 heavy (non-hydrogen) atoms. The zero-order valence-electron chi connectivity index (χ0n) is 18.2. The zero-order chi connectivity index (χ0) is 21.4. The Morgan fingerprint density at radius 2 is 1.97 bits per heavy atom. The van der Waals surface area contributed by atoms with Crippen molar-refractivity contribution in [3.63, 3.8) is 0 Å². The predicted molar refractivity (Wildman–Crippen MR) is 139 cm³/mol. The summed E-state index contributed by atoms with van der Waals surface area (Å²) in [6.45, 7) is 4.65. The van der Waals surface area contributed by atoms with Gasteiger partial charge in [-0.25, -0.2) is 4.98 Å². The molecule has 7 nitrogen and oxygen atoms in total. The molecule has 0 saturated carbocycles. The van der Waals surface area contributed by atoms with Crippen LogP contribution in [0.2, 0.25) is 0 Å². The van der Waals surface area contributed by atoms with Crippen LogP contribution in [0.4, 0.5) is 11.4 Å². The highest BCUT2D eigenvalue weighted by atomic mass is 35.5. The van der Waals surface area contributed by atoms with Crippen LogP contribution >= 0.6 is 36.2 Å². The predicted octanol–water partition coefficient (Wildman–Crippen LogP) is 3.08. The van der Waals surface area contributed by atoms with Gasteiger partial charge in [0, 0.05) is 43.8 Å². The molecular formula is C23H29Cl2N5O2S. The van der Waals surface area contributed by atoms with Crippen LogP contribution in [0.15, 0.2) is 30.3 Å². The number of thiophene rings is 1. The van der Waals surface area contributed by atoms with Gasteiger partial charge in [-0.15, -0.1) is 36.2 Å². The quantitative estimate of drug-likeness (QED) is 0.421. The summed E-state index contributed by atoms with van der Waals surface area (Å²) in [4.78, 5) is 20.9. The van der Waals surface area contributed by atoms with E-state index in [0.717, 1.165) is 55.7 Å². The largest absolute Gasteiger partial charge is 0.397 e. The summed E-state index contributed by atoms with van der Waals surface area (Å²) < 4.78 is 0. The van der Waals surface area contributed by atoms with E-state index in [4.69, 9.17) is 5.73 Å². The number of nitrogen functional groups attached to an aromatic ring is 1. The highest BCUT2D eigenvalue weighted by Gasteiger charge is 2.25. The lowest BCUT2D eigenvalue weighted by molar-refractivity contribution is 0.0959. The first-order valence-corrected chi connectivity index (χ1v) is 11.6. The van der Waals surface area contributed by atoms with Crippen LogP contribution in [0.5, 0.6) is 0 Å². The van der Waals surface area contributed by atoms with E-state index in [-0.39, 0.29) is 30.7 Å². The molecule has 1 aliphatic heterocycles. The Morgan fingerprint density at radius 3 is 2.70 bits per heavy atom. The third-order valence-corrected chi connectivity index (χ3v) is 7.27. The van der Waals surface area contributed by atoms with Gasteiger partial charge < -0.3 is 26.4 Å². The molecule has 2 aliphatic rings. The van der Waals surface area contributed by atoms with E-state index in [1.165, 1.54) is 22.6 Å². The summed E-state index contributed by atoms with van der Waals surface area (Å²) in [5, 5.41) is 17.2. The Labute approximate surface area is 209 Å². The number of nitrogens with zero attached hydrogens (tertiary/aromatic N) is 2. The summed E-state index contributed by atoms with van der Waals surface area (Å²) in [6, 6.07) is 10.6. The molecule has 1 atom stereocenters. The van der Waals surface area contributed by atoms with E-state index in [9.17, 15) is 9.90 Å². The van der Waals surface area contributed by atoms with Gasteiger partial charge in [-0.05, 0) is 48.6 Å². The molecule has 0 radical (unpaired) electrons. The maximum atomic E-state index is 12.7. The molecule has 5 rings (SSSR count). The number of aryl methyl sites for hydroxylation is 1. The number of carbonyl (C=O) groups excluding carboxylic acids is 1. The Morgan fingerprint density at radius 1 is 1.24 bits per heavy atom. The molecule has 2 aromatic heterocycles. The smallest absolute Gasteiger partial charge is 0.263 e. The molecule has 0 spiro atoms. The lowest BCUT2D eigenvalue weighted by atomic mass is 10.1. The minimum absolute atomic E-state index is 0. The van der Waals surface area contributed by atoms with Crippen molar-refractivity contribution in [1.29, 1.82) is 0 Å². The summed E-state index contributed by atoms with van der Waals surface area (Å²) in [5.74, 6) is -0.168. The van der Waals surface area contributed by atoms with Crippen molar-refractivity contribution >= 4 is 63.6 Å². The SMILES string of the molecule is Cl.Cl.Nc1c(C(=O)NCCc2ccc(N3CCNCC3)cc2)sc2nc3c(cc12)CCC3O. The molecular weight excluding hydrogens is 481 g/mol. The number of carbonyl (C=O) groups is 1. The fourth-order valence-corrected chi connectivity index (χ4v) is 5.38. The average Bonchev–Trinajstić information content (AvgIpc) is 3.33. The monoisotopic (exact) mass is 509 g/mol. The molecule has 178 valence electrons. The summed E-state index contributed by atoms with van der Waals surface area (Å²) in [7, 11) is 0. The maximum Gasteiger partial charge on any atom is 0.263 e. The fourth-order valence-electron chi connectivity index (χ4n) is 4.38. The molecule has 3 aromatic rings. The number of pyridine rings is 1. The minimum Gasteiger partial charge on any atom is -0.397 e. The number of halogens is 2. The standard InChI is InChI=1S/C23H27N5O2S.2ClH/c24-19-17-13-15-3-6-18(29)20(15)27-23(17)31-21(19)22(30)26-8-7-14-1-4-16(5-2-14)28-11-9-25-10-12-28;;/h1-2,4-5,13,18,25,29H,3,6-12,24H2,(H,26,30);2*1H. The number of amides is 1. The number of hydrogen-bond donors (Lipinski definition) is 4. The number of benzene rings is 1. The summed E-state index contributed by atoms with van der Waals surface area (Å²) in [6.07, 6.45) is 1.74. The number of nitrogens with two attached hydrogens (primary N) is 1. The van der Waals surface area contributed by atoms with E-state index in [1.54, 1.807) is 0 Å². The van der Waals surface area contributed by atoms with Crippen molar-refractivity contribution in [2.24, 2.45) is 0 Å². The van der Waals surface area contributed by atoms with Gasteiger partial charge in [-0.2, -0.15) is 0 Å². The molecule has 1 saturated heterocycles. The number of rotatable bonds is 5. The molecule has 1 aromatic carbocycles.